The fourth-order valence-electron chi connectivity index (χ4n) is 4.23. The van der Waals surface area contributed by atoms with E-state index in [4.69, 9.17) is 25.8 Å². The first kappa shape index (κ1) is 25.5. The van der Waals surface area contributed by atoms with E-state index in [1.54, 1.807) is 21.3 Å². The molecular formula is C26H31ClN2O5. The third-order valence-electron chi connectivity index (χ3n) is 5.97. The summed E-state index contributed by atoms with van der Waals surface area (Å²) in [5.41, 5.74) is 4.83. The molecule has 0 bridgehead atoms. The number of nitrogens with one attached hydrogen (secondary N) is 1. The lowest BCUT2D eigenvalue weighted by Gasteiger charge is -2.14. The van der Waals surface area contributed by atoms with Crippen LogP contribution in [-0.4, -0.2) is 43.5 Å². The summed E-state index contributed by atoms with van der Waals surface area (Å²) in [5, 5.41) is 13.9. The molecule has 0 atom stereocenters. The molecule has 182 valence electrons. The Kier molecular flexibility index (Phi) is 8.47. The summed E-state index contributed by atoms with van der Waals surface area (Å²) in [5.74, 6) is 0.843. The van der Waals surface area contributed by atoms with Crippen molar-refractivity contribution >= 4 is 17.6 Å². The van der Waals surface area contributed by atoms with Crippen molar-refractivity contribution in [2.24, 2.45) is 0 Å². The smallest absolute Gasteiger partial charge is 0.337 e. The molecule has 0 unspecified atom stereocenters. The van der Waals surface area contributed by atoms with Gasteiger partial charge in [-0.2, -0.15) is 0 Å². The fourth-order valence-corrected chi connectivity index (χ4v) is 4.44. The molecule has 0 saturated heterocycles. The van der Waals surface area contributed by atoms with E-state index in [0.717, 1.165) is 28.1 Å². The van der Waals surface area contributed by atoms with Crippen LogP contribution >= 0.6 is 11.6 Å². The second kappa shape index (κ2) is 11.3. The molecule has 0 saturated carbocycles. The fraction of sp³-hybridized carbons (Fsp3) is 0.346. The van der Waals surface area contributed by atoms with Crippen molar-refractivity contribution in [3.8, 4) is 17.2 Å². The number of carbonyl (C=O) groups is 1. The van der Waals surface area contributed by atoms with Crippen molar-refractivity contribution in [1.29, 1.82) is 0 Å². The maximum absolute atomic E-state index is 12.1. The van der Waals surface area contributed by atoms with Gasteiger partial charge in [0.25, 0.3) is 0 Å². The summed E-state index contributed by atoms with van der Waals surface area (Å²) in [6, 6.07) is 11.4. The van der Waals surface area contributed by atoms with Crippen LogP contribution in [0.1, 0.15) is 38.4 Å². The van der Waals surface area contributed by atoms with Crippen LogP contribution in [0.15, 0.2) is 36.4 Å². The number of hydrogen-bond acceptors (Lipinski definition) is 5. The quantitative estimate of drug-likeness (QED) is 0.376. The number of carboxylic acid groups (broad SMARTS) is 1. The highest BCUT2D eigenvalue weighted by Gasteiger charge is 2.22. The Labute approximate surface area is 205 Å². The summed E-state index contributed by atoms with van der Waals surface area (Å²) in [4.78, 5) is 12.1. The zero-order valence-corrected chi connectivity index (χ0v) is 21.0. The molecular weight excluding hydrogens is 456 g/mol. The molecule has 3 rings (SSSR count). The average molecular weight is 487 g/mol. The first-order valence-corrected chi connectivity index (χ1v) is 11.3. The lowest BCUT2D eigenvalue weighted by Crippen LogP contribution is -2.19. The zero-order valence-electron chi connectivity index (χ0n) is 20.2. The SMILES string of the molecule is COc1cc(CCNCc2c(C(=O)O)c(C)n(Cc3cccc(Cl)c3)c2C)cc(OC)c1OC. The van der Waals surface area contributed by atoms with E-state index in [9.17, 15) is 9.90 Å². The van der Waals surface area contributed by atoms with Crippen molar-refractivity contribution in [3.05, 3.63) is 75.1 Å². The van der Waals surface area contributed by atoms with Gasteiger partial charge >= 0.3 is 5.97 Å². The predicted octanol–water partition coefficient (Wildman–Crippen LogP) is 4.86. The zero-order chi connectivity index (χ0) is 24.8. The van der Waals surface area contributed by atoms with E-state index in [1.165, 1.54) is 0 Å². The number of methoxy groups -OCH3 is 3. The molecule has 1 heterocycles. The van der Waals surface area contributed by atoms with E-state index >= 15 is 0 Å². The van der Waals surface area contributed by atoms with Crippen LogP contribution in [0, 0.1) is 13.8 Å². The highest BCUT2D eigenvalue weighted by Crippen LogP contribution is 2.38. The van der Waals surface area contributed by atoms with Crippen molar-refractivity contribution in [1.82, 2.24) is 9.88 Å². The molecule has 0 aliphatic carbocycles. The summed E-state index contributed by atoms with van der Waals surface area (Å²) in [6.45, 7) is 5.46. The number of rotatable bonds is 11. The first-order chi connectivity index (χ1) is 16.3. The average Bonchev–Trinajstić information content (AvgIpc) is 3.05. The first-order valence-electron chi connectivity index (χ1n) is 11.0. The molecule has 8 heteroatoms. The van der Waals surface area contributed by atoms with Gasteiger partial charge in [0.1, 0.15) is 0 Å². The lowest BCUT2D eigenvalue weighted by atomic mass is 10.1. The van der Waals surface area contributed by atoms with Crippen LogP contribution in [-0.2, 0) is 19.5 Å². The normalized spacial score (nSPS) is 10.9. The summed E-state index contributed by atoms with van der Waals surface area (Å²) in [7, 11) is 4.75. The number of hydrogen-bond donors (Lipinski definition) is 2. The molecule has 3 aromatic rings. The summed E-state index contributed by atoms with van der Waals surface area (Å²) < 4.78 is 18.3. The van der Waals surface area contributed by atoms with Crippen molar-refractivity contribution in [3.63, 3.8) is 0 Å². The van der Waals surface area contributed by atoms with Crippen molar-refractivity contribution in [2.75, 3.05) is 27.9 Å². The maximum Gasteiger partial charge on any atom is 0.337 e. The Morgan fingerprint density at radius 1 is 1.00 bits per heavy atom. The van der Waals surface area contributed by atoms with Crippen molar-refractivity contribution < 1.29 is 24.1 Å². The number of ether oxygens (including phenoxy) is 3. The van der Waals surface area contributed by atoms with Gasteiger partial charge < -0.3 is 29.2 Å². The van der Waals surface area contributed by atoms with Crippen molar-refractivity contribution in [2.45, 2.75) is 33.4 Å². The summed E-state index contributed by atoms with van der Waals surface area (Å²) >= 11 is 6.13. The standard InChI is InChI=1S/C26H31ClN2O5/c1-16-21(14-28-10-9-18-12-22(32-3)25(34-5)23(13-18)33-4)24(26(30)31)17(2)29(16)15-19-7-6-8-20(27)11-19/h6-8,11-13,28H,9-10,14-15H2,1-5H3,(H,30,31). The Balaban J connectivity index is 1.75. The molecule has 0 aliphatic rings. The van der Waals surface area contributed by atoms with E-state index in [-0.39, 0.29) is 0 Å². The molecule has 0 amide bonds. The lowest BCUT2D eigenvalue weighted by molar-refractivity contribution is 0.0694. The van der Waals surface area contributed by atoms with Crippen LogP contribution in [0.5, 0.6) is 17.2 Å². The second-order valence-electron chi connectivity index (χ2n) is 8.01. The number of aromatic carboxylic acids is 1. The van der Waals surface area contributed by atoms with E-state index < -0.39 is 5.97 Å². The maximum atomic E-state index is 12.1. The Bertz CT molecular complexity index is 1150. The van der Waals surface area contributed by atoms with E-state index in [2.05, 4.69) is 5.32 Å². The van der Waals surface area contributed by atoms with Gasteiger partial charge in [0.2, 0.25) is 5.75 Å². The van der Waals surface area contributed by atoms with Crippen LogP contribution in [0.2, 0.25) is 5.02 Å². The molecule has 0 radical (unpaired) electrons. The molecule has 0 aliphatic heterocycles. The molecule has 2 aromatic carbocycles. The van der Waals surface area contributed by atoms with Gasteiger partial charge in [-0.05, 0) is 62.2 Å². The summed E-state index contributed by atoms with van der Waals surface area (Å²) in [6.07, 6.45) is 0.709. The van der Waals surface area contributed by atoms with Gasteiger partial charge in [-0.15, -0.1) is 0 Å². The second-order valence-corrected chi connectivity index (χ2v) is 8.44. The minimum atomic E-state index is -0.924. The van der Waals surface area contributed by atoms with E-state index in [0.29, 0.717) is 53.9 Å². The van der Waals surface area contributed by atoms with Gasteiger partial charge in [-0.1, -0.05) is 23.7 Å². The monoisotopic (exact) mass is 486 g/mol. The third-order valence-corrected chi connectivity index (χ3v) is 6.21. The van der Waals surface area contributed by atoms with E-state index in [1.807, 2.05) is 54.8 Å². The third kappa shape index (κ3) is 5.48. The van der Waals surface area contributed by atoms with Crippen LogP contribution in [0.25, 0.3) is 0 Å². The van der Waals surface area contributed by atoms with Gasteiger partial charge in [-0.3, -0.25) is 0 Å². The Morgan fingerprint density at radius 3 is 2.24 bits per heavy atom. The Morgan fingerprint density at radius 2 is 1.68 bits per heavy atom. The highest BCUT2D eigenvalue weighted by atomic mass is 35.5. The highest BCUT2D eigenvalue weighted by molar-refractivity contribution is 6.30. The van der Waals surface area contributed by atoms with Gasteiger partial charge in [-0.25, -0.2) is 4.79 Å². The number of halogens is 1. The number of nitrogens with zero attached hydrogens (tertiary/aromatic N) is 1. The number of benzene rings is 2. The molecule has 0 fully saturated rings. The molecule has 0 spiro atoms. The Hall–Kier alpha value is -3.16. The minimum absolute atomic E-state index is 0.347. The van der Waals surface area contributed by atoms with Gasteiger partial charge in [0.05, 0.1) is 26.9 Å². The molecule has 1 aromatic heterocycles. The van der Waals surface area contributed by atoms with Crippen LogP contribution < -0.4 is 19.5 Å². The minimum Gasteiger partial charge on any atom is -0.493 e. The van der Waals surface area contributed by atoms with Gasteiger partial charge in [0.15, 0.2) is 11.5 Å². The molecule has 2 N–H and O–H groups in total. The topological polar surface area (TPSA) is 82.0 Å². The van der Waals surface area contributed by atoms with Crippen LogP contribution in [0.4, 0.5) is 0 Å². The molecule has 7 nitrogen and oxygen atoms in total. The van der Waals surface area contributed by atoms with Crippen LogP contribution in [0.3, 0.4) is 0 Å². The largest absolute Gasteiger partial charge is 0.493 e. The number of carboxylic acids is 1. The number of aromatic nitrogens is 1. The van der Waals surface area contributed by atoms with Gasteiger partial charge in [0, 0.05) is 35.1 Å². The molecule has 34 heavy (non-hydrogen) atoms. The predicted molar refractivity (Wildman–Crippen MR) is 133 cm³/mol.